The van der Waals surface area contributed by atoms with Crippen molar-refractivity contribution in [3.05, 3.63) is 29.0 Å². The van der Waals surface area contributed by atoms with Crippen molar-refractivity contribution in [1.29, 1.82) is 0 Å². The van der Waals surface area contributed by atoms with Gasteiger partial charge < -0.3 is 4.74 Å². The molecule has 0 saturated carbocycles. The number of pyridine rings is 1. The molecule has 4 heteroatoms. The van der Waals surface area contributed by atoms with Crippen LogP contribution < -0.4 is 0 Å². The Bertz CT molecular complexity index is 276. The summed E-state index contributed by atoms with van der Waals surface area (Å²) in [5.41, 5.74) is 0.222. The van der Waals surface area contributed by atoms with E-state index in [1.807, 2.05) is 13.8 Å². The number of aromatic nitrogens is 1. The fraction of sp³-hybridized carbons (Fsp3) is 0.333. The molecule has 0 fully saturated rings. The lowest BCUT2D eigenvalue weighted by Gasteiger charge is -1.96. The van der Waals surface area contributed by atoms with Crippen molar-refractivity contribution < 1.29 is 9.53 Å². The van der Waals surface area contributed by atoms with E-state index in [1.165, 1.54) is 19.4 Å². The second-order valence-corrected chi connectivity index (χ2v) is 2.29. The van der Waals surface area contributed by atoms with Gasteiger partial charge in [-0.15, -0.1) is 0 Å². The van der Waals surface area contributed by atoms with Gasteiger partial charge in [0.25, 0.3) is 0 Å². The third-order valence-electron chi connectivity index (χ3n) is 1.12. The molecular formula is C9H12ClNO2. The number of hydrogen-bond donors (Lipinski definition) is 0. The van der Waals surface area contributed by atoms with Gasteiger partial charge in [0.2, 0.25) is 0 Å². The van der Waals surface area contributed by atoms with Crippen LogP contribution in [0, 0.1) is 0 Å². The first kappa shape index (κ1) is 11.9. The predicted molar refractivity (Wildman–Crippen MR) is 51.9 cm³/mol. The molecule has 0 atom stereocenters. The lowest BCUT2D eigenvalue weighted by Crippen LogP contribution is -2.03. The van der Waals surface area contributed by atoms with Gasteiger partial charge >= 0.3 is 5.97 Å². The van der Waals surface area contributed by atoms with Crippen molar-refractivity contribution in [3.8, 4) is 0 Å². The minimum absolute atomic E-state index is 0.222. The first-order valence-electron chi connectivity index (χ1n) is 3.94. The monoisotopic (exact) mass is 201 g/mol. The Labute approximate surface area is 82.7 Å². The van der Waals surface area contributed by atoms with Crippen molar-refractivity contribution in [2.24, 2.45) is 0 Å². The fourth-order valence-corrected chi connectivity index (χ4v) is 0.781. The minimum Gasteiger partial charge on any atom is -0.464 e. The van der Waals surface area contributed by atoms with Crippen LogP contribution in [0.4, 0.5) is 0 Å². The summed E-state index contributed by atoms with van der Waals surface area (Å²) in [5, 5.41) is 0.473. The lowest BCUT2D eigenvalue weighted by molar-refractivity contribution is 0.0594. The summed E-state index contributed by atoms with van der Waals surface area (Å²) in [6.45, 7) is 4.00. The minimum atomic E-state index is -0.479. The Balaban J connectivity index is 0.000000671. The molecule has 0 unspecified atom stereocenters. The number of hydrogen-bond acceptors (Lipinski definition) is 3. The molecule has 13 heavy (non-hydrogen) atoms. The Kier molecular flexibility index (Phi) is 5.89. The Hall–Kier alpha value is -1.09. The third kappa shape index (κ3) is 3.90. The summed E-state index contributed by atoms with van der Waals surface area (Å²) < 4.78 is 4.43. The summed E-state index contributed by atoms with van der Waals surface area (Å²) in [7, 11) is 1.30. The largest absolute Gasteiger partial charge is 0.464 e. The van der Waals surface area contributed by atoms with E-state index < -0.39 is 5.97 Å². The topological polar surface area (TPSA) is 39.2 Å². The molecule has 0 aliphatic heterocycles. The van der Waals surface area contributed by atoms with Crippen LogP contribution in [0.25, 0.3) is 0 Å². The molecule has 3 nitrogen and oxygen atoms in total. The molecule has 1 aromatic heterocycles. The quantitative estimate of drug-likeness (QED) is 0.656. The van der Waals surface area contributed by atoms with E-state index in [0.29, 0.717) is 5.02 Å². The molecule has 0 spiro atoms. The number of rotatable bonds is 1. The molecule has 0 aromatic carbocycles. The molecule has 0 aliphatic carbocycles. The molecule has 1 rings (SSSR count). The van der Waals surface area contributed by atoms with Crippen LogP contribution in [0.3, 0.4) is 0 Å². The van der Waals surface area contributed by atoms with Crippen LogP contribution in [-0.4, -0.2) is 18.1 Å². The molecule has 0 radical (unpaired) electrons. The molecule has 0 amide bonds. The number of ether oxygens (including phenoxy) is 1. The van der Waals surface area contributed by atoms with Crippen molar-refractivity contribution >= 4 is 17.6 Å². The summed E-state index contributed by atoms with van der Waals surface area (Å²) >= 11 is 5.60. The van der Waals surface area contributed by atoms with Gasteiger partial charge in [-0.05, 0) is 12.1 Å². The molecular weight excluding hydrogens is 190 g/mol. The summed E-state index contributed by atoms with van der Waals surface area (Å²) in [5.74, 6) is -0.479. The molecule has 0 aliphatic rings. The highest BCUT2D eigenvalue weighted by Crippen LogP contribution is 2.08. The van der Waals surface area contributed by atoms with Gasteiger partial charge in [-0.2, -0.15) is 0 Å². The van der Waals surface area contributed by atoms with Crippen molar-refractivity contribution in [3.63, 3.8) is 0 Å². The first-order chi connectivity index (χ1) is 6.24. The predicted octanol–water partition coefficient (Wildman–Crippen LogP) is 2.55. The number of halogens is 1. The zero-order valence-corrected chi connectivity index (χ0v) is 8.63. The van der Waals surface area contributed by atoms with Gasteiger partial charge in [0.1, 0.15) is 5.69 Å². The first-order valence-corrected chi connectivity index (χ1v) is 4.31. The summed E-state index contributed by atoms with van der Waals surface area (Å²) in [4.78, 5) is 14.6. The van der Waals surface area contributed by atoms with Crippen LogP contribution in [0.1, 0.15) is 24.3 Å². The van der Waals surface area contributed by atoms with Gasteiger partial charge in [0.05, 0.1) is 7.11 Å². The highest BCUT2D eigenvalue weighted by molar-refractivity contribution is 6.30. The van der Waals surface area contributed by atoms with E-state index in [2.05, 4.69) is 9.72 Å². The van der Waals surface area contributed by atoms with E-state index in [-0.39, 0.29) is 5.69 Å². The SMILES string of the molecule is CC.COC(=O)c1cc(Cl)ccn1. The number of nitrogens with zero attached hydrogens (tertiary/aromatic N) is 1. The summed E-state index contributed by atoms with van der Waals surface area (Å²) in [6, 6.07) is 3.04. The fourth-order valence-electron chi connectivity index (χ4n) is 0.621. The number of carbonyl (C=O) groups excluding carboxylic acids is 1. The Morgan fingerprint density at radius 2 is 2.15 bits per heavy atom. The smallest absolute Gasteiger partial charge is 0.356 e. The standard InChI is InChI=1S/C7H6ClNO2.C2H6/c1-11-7(10)6-4-5(8)2-3-9-6;1-2/h2-4H,1H3;1-2H3. The van der Waals surface area contributed by atoms with E-state index >= 15 is 0 Å². The van der Waals surface area contributed by atoms with Crippen LogP contribution in [-0.2, 0) is 4.74 Å². The second kappa shape index (κ2) is 6.43. The third-order valence-corrected chi connectivity index (χ3v) is 1.35. The number of carbonyl (C=O) groups is 1. The molecule has 72 valence electrons. The Morgan fingerprint density at radius 1 is 1.54 bits per heavy atom. The molecule has 0 bridgehead atoms. The molecule has 0 N–H and O–H groups in total. The maximum atomic E-state index is 10.8. The van der Waals surface area contributed by atoms with Gasteiger partial charge in [-0.25, -0.2) is 9.78 Å². The van der Waals surface area contributed by atoms with E-state index in [4.69, 9.17) is 11.6 Å². The van der Waals surface area contributed by atoms with E-state index in [1.54, 1.807) is 6.07 Å². The zero-order valence-electron chi connectivity index (χ0n) is 7.87. The second-order valence-electron chi connectivity index (χ2n) is 1.85. The Morgan fingerprint density at radius 3 is 2.62 bits per heavy atom. The van der Waals surface area contributed by atoms with E-state index in [9.17, 15) is 4.79 Å². The number of methoxy groups -OCH3 is 1. The van der Waals surface area contributed by atoms with Crippen molar-refractivity contribution in [2.45, 2.75) is 13.8 Å². The maximum absolute atomic E-state index is 10.8. The lowest BCUT2D eigenvalue weighted by atomic mass is 10.3. The molecule has 1 heterocycles. The van der Waals surface area contributed by atoms with Crippen LogP contribution in [0.2, 0.25) is 5.02 Å². The molecule has 1 aromatic rings. The highest BCUT2D eigenvalue weighted by Gasteiger charge is 2.05. The van der Waals surface area contributed by atoms with Crippen LogP contribution in [0.5, 0.6) is 0 Å². The number of esters is 1. The van der Waals surface area contributed by atoms with E-state index in [0.717, 1.165) is 0 Å². The van der Waals surface area contributed by atoms with Gasteiger partial charge in [-0.3, -0.25) is 0 Å². The average Bonchev–Trinajstić information content (AvgIpc) is 2.20. The maximum Gasteiger partial charge on any atom is 0.356 e. The van der Waals surface area contributed by atoms with Gasteiger partial charge in [0, 0.05) is 11.2 Å². The molecule has 0 saturated heterocycles. The highest BCUT2D eigenvalue weighted by atomic mass is 35.5. The van der Waals surface area contributed by atoms with Crippen molar-refractivity contribution in [2.75, 3.05) is 7.11 Å². The van der Waals surface area contributed by atoms with Crippen molar-refractivity contribution in [1.82, 2.24) is 4.98 Å². The van der Waals surface area contributed by atoms with Crippen LogP contribution >= 0.6 is 11.6 Å². The average molecular weight is 202 g/mol. The zero-order chi connectivity index (χ0) is 10.3. The normalized spacial score (nSPS) is 8.31. The van der Waals surface area contributed by atoms with Gasteiger partial charge in [0.15, 0.2) is 0 Å². The summed E-state index contributed by atoms with van der Waals surface area (Å²) in [6.07, 6.45) is 1.45. The van der Waals surface area contributed by atoms with Gasteiger partial charge in [-0.1, -0.05) is 25.4 Å². The van der Waals surface area contributed by atoms with Crippen LogP contribution in [0.15, 0.2) is 18.3 Å².